The first-order valence-corrected chi connectivity index (χ1v) is 14.1. The third-order valence-electron chi connectivity index (χ3n) is 6.62. The average Bonchev–Trinajstić information content (AvgIpc) is 3.45. The Balaban J connectivity index is 1.28. The molecular formula is C32H26N4O5S. The Hall–Kier alpha value is -5.22. The van der Waals surface area contributed by atoms with Crippen LogP contribution < -0.4 is 15.5 Å². The lowest BCUT2D eigenvalue weighted by Gasteiger charge is -2.17. The molecule has 0 radical (unpaired) electrons. The zero-order valence-corrected chi connectivity index (χ0v) is 23.2. The average molecular weight is 579 g/mol. The predicted octanol–water partition coefficient (Wildman–Crippen LogP) is 5.69. The fourth-order valence-corrected chi connectivity index (χ4v) is 5.30. The summed E-state index contributed by atoms with van der Waals surface area (Å²) in [5.41, 5.74) is 2.71. The Bertz CT molecular complexity index is 1670. The monoisotopic (exact) mass is 578 g/mol. The quantitative estimate of drug-likeness (QED) is 0.114. The van der Waals surface area contributed by atoms with Gasteiger partial charge in [0.25, 0.3) is 17.5 Å². The summed E-state index contributed by atoms with van der Waals surface area (Å²) in [4.78, 5) is 52.6. The summed E-state index contributed by atoms with van der Waals surface area (Å²) in [6.45, 7) is 0.673. The molecule has 0 aliphatic carbocycles. The van der Waals surface area contributed by atoms with Gasteiger partial charge in [0.05, 0.1) is 16.2 Å². The van der Waals surface area contributed by atoms with E-state index in [0.717, 1.165) is 17.0 Å². The Kier molecular flexibility index (Phi) is 8.74. The van der Waals surface area contributed by atoms with Crippen molar-refractivity contribution in [2.75, 3.05) is 22.5 Å². The van der Waals surface area contributed by atoms with Gasteiger partial charge in [0.15, 0.2) is 0 Å². The lowest BCUT2D eigenvalue weighted by Crippen LogP contribution is -2.30. The molecule has 0 saturated carbocycles. The molecule has 1 aliphatic heterocycles. The first-order valence-electron chi connectivity index (χ1n) is 13.1. The summed E-state index contributed by atoms with van der Waals surface area (Å²) in [6, 6.07) is 29.2. The highest BCUT2D eigenvalue weighted by Crippen LogP contribution is 2.29. The van der Waals surface area contributed by atoms with Crippen molar-refractivity contribution >= 4 is 52.6 Å². The molecule has 3 amide bonds. The van der Waals surface area contributed by atoms with E-state index in [4.69, 9.17) is 0 Å². The highest BCUT2D eigenvalue weighted by Gasteiger charge is 2.24. The second-order valence-electron chi connectivity index (χ2n) is 9.39. The van der Waals surface area contributed by atoms with Crippen LogP contribution in [0.15, 0.2) is 114 Å². The van der Waals surface area contributed by atoms with Crippen LogP contribution in [0.5, 0.6) is 0 Å². The van der Waals surface area contributed by atoms with Crippen molar-refractivity contribution in [3.05, 3.63) is 136 Å². The second-order valence-corrected chi connectivity index (χ2v) is 10.4. The molecule has 5 rings (SSSR count). The zero-order valence-electron chi connectivity index (χ0n) is 22.4. The van der Waals surface area contributed by atoms with Gasteiger partial charge in [-0.2, -0.15) is 0 Å². The number of thioether (sulfide) groups is 1. The third kappa shape index (κ3) is 6.73. The van der Waals surface area contributed by atoms with Gasteiger partial charge in [0.1, 0.15) is 5.70 Å². The van der Waals surface area contributed by atoms with Crippen LogP contribution >= 0.6 is 11.8 Å². The molecule has 0 fully saturated rings. The Morgan fingerprint density at radius 3 is 2.33 bits per heavy atom. The molecular weight excluding hydrogens is 552 g/mol. The van der Waals surface area contributed by atoms with Crippen LogP contribution in [0.2, 0.25) is 0 Å². The molecule has 0 spiro atoms. The number of hydrogen-bond donors (Lipinski definition) is 2. The van der Waals surface area contributed by atoms with Crippen molar-refractivity contribution in [2.45, 2.75) is 11.3 Å². The smallest absolute Gasteiger partial charge is 0.276 e. The summed E-state index contributed by atoms with van der Waals surface area (Å²) in [7, 11) is 0. The van der Waals surface area contributed by atoms with Crippen LogP contribution in [0.25, 0.3) is 6.08 Å². The highest BCUT2D eigenvalue weighted by atomic mass is 32.2. The molecule has 1 heterocycles. The fourth-order valence-electron chi connectivity index (χ4n) is 4.53. The number of para-hydroxylation sites is 2. The highest BCUT2D eigenvalue weighted by molar-refractivity contribution is 8.00. The molecule has 0 unspecified atom stereocenters. The SMILES string of the molecule is O=C(Nc1ccc(SCC(=O)N2CCc3ccccc32)cc1)/C(=C/c1ccccc1[N+](=O)[O-])NC(=O)c1ccccc1. The molecule has 4 aromatic carbocycles. The molecule has 1 aliphatic rings. The van der Waals surface area contributed by atoms with Gasteiger partial charge in [0.2, 0.25) is 5.91 Å². The van der Waals surface area contributed by atoms with Crippen molar-refractivity contribution in [1.29, 1.82) is 0 Å². The van der Waals surface area contributed by atoms with Crippen LogP contribution in [0.3, 0.4) is 0 Å². The number of anilines is 2. The van der Waals surface area contributed by atoms with Crippen LogP contribution in [0.1, 0.15) is 21.5 Å². The molecule has 4 aromatic rings. The summed E-state index contributed by atoms with van der Waals surface area (Å²) in [5.74, 6) is -0.886. The molecule has 9 nitrogen and oxygen atoms in total. The van der Waals surface area contributed by atoms with E-state index in [0.29, 0.717) is 17.8 Å². The van der Waals surface area contributed by atoms with Crippen molar-refractivity contribution in [2.24, 2.45) is 0 Å². The van der Waals surface area contributed by atoms with E-state index in [2.05, 4.69) is 10.6 Å². The fraction of sp³-hybridized carbons (Fsp3) is 0.0938. The van der Waals surface area contributed by atoms with E-state index in [1.54, 1.807) is 60.7 Å². The number of carbonyl (C=O) groups excluding carboxylic acids is 3. The Morgan fingerprint density at radius 1 is 0.881 bits per heavy atom. The van der Waals surface area contributed by atoms with Gasteiger partial charge in [-0.25, -0.2) is 0 Å². The van der Waals surface area contributed by atoms with E-state index in [-0.39, 0.29) is 28.6 Å². The van der Waals surface area contributed by atoms with Crippen molar-refractivity contribution in [1.82, 2.24) is 5.32 Å². The predicted molar refractivity (Wildman–Crippen MR) is 163 cm³/mol. The molecule has 2 N–H and O–H groups in total. The van der Waals surface area contributed by atoms with E-state index in [1.807, 2.05) is 29.2 Å². The van der Waals surface area contributed by atoms with Crippen LogP contribution in [-0.4, -0.2) is 34.9 Å². The number of nitrogens with zero attached hydrogens (tertiary/aromatic N) is 2. The minimum atomic E-state index is -0.652. The maximum atomic E-state index is 13.3. The van der Waals surface area contributed by atoms with Gasteiger partial charge >= 0.3 is 0 Å². The number of nitro groups is 1. The molecule has 0 bridgehead atoms. The summed E-state index contributed by atoms with van der Waals surface area (Å²) in [6.07, 6.45) is 2.13. The van der Waals surface area contributed by atoms with Crippen molar-refractivity contribution < 1.29 is 19.3 Å². The summed E-state index contributed by atoms with van der Waals surface area (Å²) < 4.78 is 0. The minimum Gasteiger partial charge on any atom is -0.321 e. The first-order chi connectivity index (χ1) is 20.4. The number of nitro benzene ring substituents is 1. The number of fused-ring (bicyclic) bond motifs is 1. The molecule has 42 heavy (non-hydrogen) atoms. The number of rotatable bonds is 9. The molecule has 0 atom stereocenters. The van der Waals surface area contributed by atoms with E-state index < -0.39 is 16.7 Å². The zero-order chi connectivity index (χ0) is 29.5. The van der Waals surface area contributed by atoms with E-state index >= 15 is 0 Å². The number of carbonyl (C=O) groups is 3. The largest absolute Gasteiger partial charge is 0.321 e. The topological polar surface area (TPSA) is 122 Å². The maximum Gasteiger partial charge on any atom is 0.276 e. The lowest BCUT2D eigenvalue weighted by molar-refractivity contribution is -0.385. The van der Waals surface area contributed by atoms with Gasteiger partial charge in [-0.05, 0) is 66.6 Å². The Labute approximate surface area is 246 Å². The van der Waals surface area contributed by atoms with Gasteiger partial charge in [-0.15, -0.1) is 11.8 Å². The minimum absolute atomic E-state index is 0.0290. The van der Waals surface area contributed by atoms with Crippen LogP contribution in [0, 0.1) is 10.1 Å². The third-order valence-corrected chi connectivity index (χ3v) is 7.62. The molecule has 0 saturated heterocycles. The van der Waals surface area contributed by atoms with Gasteiger partial charge in [-0.1, -0.05) is 48.5 Å². The number of hydrogen-bond acceptors (Lipinski definition) is 6. The number of amides is 3. The standard InChI is InChI=1S/C32H26N4O5S/c37-30(35-19-18-22-8-4-6-12-28(22)35)21-42-26-16-14-25(15-17-26)33-32(39)27(34-31(38)23-9-2-1-3-10-23)20-24-11-5-7-13-29(24)36(40)41/h1-17,20H,18-19,21H2,(H,33,39)(H,34,38)/b27-20-. The maximum absolute atomic E-state index is 13.3. The van der Waals surface area contributed by atoms with Crippen LogP contribution in [0.4, 0.5) is 17.1 Å². The van der Waals surface area contributed by atoms with E-state index in [9.17, 15) is 24.5 Å². The normalized spacial score (nSPS) is 12.4. The molecule has 10 heteroatoms. The molecule has 0 aromatic heterocycles. The molecule has 210 valence electrons. The number of benzene rings is 4. The Morgan fingerprint density at radius 2 is 1.57 bits per heavy atom. The van der Waals surface area contributed by atoms with Crippen molar-refractivity contribution in [3.8, 4) is 0 Å². The summed E-state index contributed by atoms with van der Waals surface area (Å²) in [5, 5.41) is 16.9. The van der Waals surface area contributed by atoms with Crippen LogP contribution in [-0.2, 0) is 16.0 Å². The van der Waals surface area contributed by atoms with E-state index in [1.165, 1.54) is 41.6 Å². The van der Waals surface area contributed by atoms with Gasteiger partial charge in [-0.3, -0.25) is 24.5 Å². The second kappa shape index (κ2) is 13.0. The summed E-state index contributed by atoms with van der Waals surface area (Å²) >= 11 is 1.40. The first kappa shape index (κ1) is 28.3. The van der Waals surface area contributed by atoms with Crippen molar-refractivity contribution in [3.63, 3.8) is 0 Å². The van der Waals surface area contributed by atoms with Gasteiger partial charge < -0.3 is 15.5 Å². The number of nitrogens with one attached hydrogen (secondary N) is 2. The lowest BCUT2D eigenvalue weighted by atomic mass is 10.1. The van der Waals surface area contributed by atoms with Gasteiger partial charge in [0, 0.05) is 34.4 Å².